The van der Waals surface area contributed by atoms with Crippen LogP contribution in [0.15, 0.2) is 0 Å². The summed E-state index contributed by atoms with van der Waals surface area (Å²) in [5.41, 5.74) is 0.158. The molecule has 6 nitrogen and oxygen atoms in total. The van der Waals surface area contributed by atoms with E-state index in [0.29, 0.717) is 25.3 Å². The summed E-state index contributed by atoms with van der Waals surface area (Å²) in [6.07, 6.45) is 5.44. The summed E-state index contributed by atoms with van der Waals surface area (Å²) < 4.78 is 5.06. The predicted molar refractivity (Wildman–Crippen MR) is 79.1 cm³/mol. The number of thioether (sulfide) groups is 1. The second-order valence-corrected chi connectivity index (χ2v) is 6.23. The molecule has 1 aliphatic carbocycles. The van der Waals surface area contributed by atoms with Crippen LogP contribution >= 0.6 is 11.8 Å². The Bertz CT molecular complexity index is 334. The lowest BCUT2D eigenvalue weighted by Gasteiger charge is -2.18. The number of carbonyl (C=O) groups is 2. The third-order valence-corrected chi connectivity index (χ3v) is 4.28. The number of carbonyl (C=O) groups excluding carboxylic acids is 1. The van der Waals surface area contributed by atoms with Crippen molar-refractivity contribution in [1.29, 1.82) is 0 Å². The molecule has 0 aromatic rings. The first-order valence-electron chi connectivity index (χ1n) is 6.78. The van der Waals surface area contributed by atoms with Gasteiger partial charge in [0.2, 0.25) is 0 Å². The van der Waals surface area contributed by atoms with Crippen LogP contribution in [0.5, 0.6) is 0 Å². The molecule has 1 rings (SSSR count). The number of amides is 2. The average molecular weight is 304 g/mol. The van der Waals surface area contributed by atoms with Gasteiger partial charge in [-0.2, -0.15) is 11.8 Å². The molecule has 20 heavy (non-hydrogen) atoms. The summed E-state index contributed by atoms with van der Waals surface area (Å²) >= 11 is 1.56. The lowest BCUT2D eigenvalue weighted by molar-refractivity contribution is -0.139. The van der Waals surface area contributed by atoms with E-state index in [2.05, 4.69) is 10.6 Å². The van der Waals surface area contributed by atoms with Crippen molar-refractivity contribution in [3.05, 3.63) is 0 Å². The molecular weight excluding hydrogens is 280 g/mol. The van der Waals surface area contributed by atoms with Gasteiger partial charge in [-0.25, -0.2) is 9.59 Å². The van der Waals surface area contributed by atoms with E-state index in [1.807, 2.05) is 6.26 Å². The molecule has 1 saturated carbocycles. The van der Waals surface area contributed by atoms with Gasteiger partial charge in [-0.1, -0.05) is 0 Å². The molecule has 3 N–H and O–H groups in total. The molecule has 0 aliphatic heterocycles. The summed E-state index contributed by atoms with van der Waals surface area (Å²) in [5.74, 6) is -0.288. The van der Waals surface area contributed by atoms with Gasteiger partial charge < -0.3 is 20.5 Å². The number of nitrogens with one attached hydrogen (secondary N) is 2. The van der Waals surface area contributed by atoms with Crippen molar-refractivity contribution in [2.24, 2.45) is 5.41 Å². The Kier molecular flexibility index (Phi) is 7.15. The van der Waals surface area contributed by atoms with Crippen LogP contribution in [0.4, 0.5) is 4.79 Å². The second-order valence-electron chi connectivity index (χ2n) is 5.24. The fraction of sp³-hybridized carbons (Fsp3) is 0.846. The molecule has 0 spiro atoms. The highest BCUT2D eigenvalue weighted by Crippen LogP contribution is 2.48. The van der Waals surface area contributed by atoms with Crippen LogP contribution in [-0.4, -0.2) is 55.4 Å². The van der Waals surface area contributed by atoms with Crippen LogP contribution in [0.3, 0.4) is 0 Å². The summed E-state index contributed by atoms with van der Waals surface area (Å²) in [7, 11) is 1.67. The molecule has 0 aromatic heterocycles. The Balaban J connectivity index is 2.29. The molecule has 0 bridgehead atoms. The van der Waals surface area contributed by atoms with E-state index >= 15 is 0 Å². The topological polar surface area (TPSA) is 87.7 Å². The zero-order valence-electron chi connectivity index (χ0n) is 12.1. The number of rotatable bonds is 10. The quantitative estimate of drug-likeness (QED) is 0.566. The SMILES string of the molecule is COCCC1(CNC(=O)NC(CCSC)C(=O)O)CC1. The van der Waals surface area contributed by atoms with Crippen molar-refractivity contribution in [3.63, 3.8) is 0 Å². The minimum Gasteiger partial charge on any atom is -0.480 e. The average Bonchev–Trinajstić information content (AvgIpc) is 3.19. The van der Waals surface area contributed by atoms with Crippen molar-refractivity contribution >= 4 is 23.8 Å². The van der Waals surface area contributed by atoms with Crippen LogP contribution in [0.1, 0.15) is 25.7 Å². The summed E-state index contributed by atoms with van der Waals surface area (Å²) in [4.78, 5) is 22.8. The first-order chi connectivity index (χ1) is 9.53. The highest BCUT2D eigenvalue weighted by Gasteiger charge is 2.42. The van der Waals surface area contributed by atoms with E-state index in [1.165, 1.54) is 0 Å². The number of ether oxygens (including phenoxy) is 1. The highest BCUT2D eigenvalue weighted by atomic mass is 32.2. The standard InChI is InChI=1S/C13H24N2O4S/c1-19-7-6-13(4-5-13)9-14-12(18)15-10(11(16)17)3-8-20-2/h10H,3-9H2,1-2H3,(H,16,17)(H2,14,15,18). The Morgan fingerprint density at radius 2 is 2.15 bits per heavy atom. The number of hydrogen-bond acceptors (Lipinski definition) is 4. The molecule has 1 atom stereocenters. The third-order valence-electron chi connectivity index (χ3n) is 3.63. The minimum atomic E-state index is -0.991. The maximum Gasteiger partial charge on any atom is 0.326 e. The number of aliphatic carboxylic acids is 1. The largest absolute Gasteiger partial charge is 0.480 e. The van der Waals surface area contributed by atoms with E-state index in [4.69, 9.17) is 9.84 Å². The summed E-state index contributed by atoms with van der Waals surface area (Å²) in [5, 5.41) is 14.3. The normalized spacial score (nSPS) is 17.3. The van der Waals surface area contributed by atoms with Gasteiger partial charge in [0.05, 0.1) is 0 Å². The van der Waals surface area contributed by atoms with Gasteiger partial charge in [-0.15, -0.1) is 0 Å². The summed E-state index contributed by atoms with van der Waals surface area (Å²) in [6.45, 7) is 1.27. The molecule has 0 radical (unpaired) electrons. The first-order valence-corrected chi connectivity index (χ1v) is 8.17. The van der Waals surface area contributed by atoms with Crippen molar-refractivity contribution in [3.8, 4) is 0 Å². The zero-order chi connectivity index (χ0) is 15.0. The van der Waals surface area contributed by atoms with Gasteiger partial charge in [0.25, 0.3) is 0 Å². The van der Waals surface area contributed by atoms with E-state index in [0.717, 1.165) is 19.3 Å². The van der Waals surface area contributed by atoms with Crippen molar-refractivity contribution < 1.29 is 19.4 Å². The number of hydrogen-bond donors (Lipinski definition) is 3. The highest BCUT2D eigenvalue weighted by molar-refractivity contribution is 7.98. The van der Waals surface area contributed by atoms with Crippen LogP contribution in [-0.2, 0) is 9.53 Å². The summed E-state index contributed by atoms with van der Waals surface area (Å²) in [6, 6.07) is -1.22. The van der Waals surface area contributed by atoms with Gasteiger partial charge in [0, 0.05) is 20.3 Å². The maximum atomic E-state index is 11.7. The number of urea groups is 1. The number of methoxy groups -OCH3 is 1. The van der Waals surface area contributed by atoms with E-state index < -0.39 is 18.0 Å². The zero-order valence-corrected chi connectivity index (χ0v) is 12.9. The predicted octanol–water partition coefficient (Wildman–Crippen LogP) is 1.31. The smallest absolute Gasteiger partial charge is 0.326 e. The first kappa shape index (κ1) is 17.1. The fourth-order valence-electron chi connectivity index (χ4n) is 1.98. The van der Waals surface area contributed by atoms with Crippen LogP contribution in [0.25, 0.3) is 0 Å². The van der Waals surface area contributed by atoms with Gasteiger partial charge >= 0.3 is 12.0 Å². The van der Waals surface area contributed by atoms with Gasteiger partial charge in [0.1, 0.15) is 6.04 Å². The third kappa shape index (κ3) is 6.00. The van der Waals surface area contributed by atoms with Crippen LogP contribution in [0.2, 0.25) is 0 Å². The Labute approximate surface area is 124 Å². The van der Waals surface area contributed by atoms with E-state index in [-0.39, 0.29) is 5.41 Å². The van der Waals surface area contributed by atoms with Gasteiger partial charge in [0.15, 0.2) is 0 Å². The number of carboxylic acids is 1. The second kappa shape index (κ2) is 8.36. The van der Waals surface area contributed by atoms with Crippen molar-refractivity contribution in [2.45, 2.75) is 31.7 Å². The molecule has 1 unspecified atom stereocenters. The Morgan fingerprint density at radius 1 is 1.45 bits per heavy atom. The van der Waals surface area contributed by atoms with Crippen molar-refractivity contribution in [2.75, 3.05) is 32.3 Å². The molecule has 0 heterocycles. The van der Waals surface area contributed by atoms with E-state index in [1.54, 1.807) is 18.9 Å². The Morgan fingerprint density at radius 3 is 2.65 bits per heavy atom. The van der Waals surface area contributed by atoms with E-state index in [9.17, 15) is 9.59 Å². The van der Waals surface area contributed by atoms with Crippen LogP contribution < -0.4 is 10.6 Å². The van der Waals surface area contributed by atoms with Gasteiger partial charge in [-0.3, -0.25) is 0 Å². The number of carboxylic acid groups (broad SMARTS) is 1. The molecule has 116 valence electrons. The maximum absolute atomic E-state index is 11.7. The Hall–Kier alpha value is -0.950. The molecule has 0 saturated heterocycles. The van der Waals surface area contributed by atoms with Gasteiger partial charge in [-0.05, 0) is 43.1 Å². The molecule has 2 amide bonds. The molecule has 1 fully saturated rings. The minimum absolute atomic E-state index is 0.158. The monoisotopic (exact) mass is 304 g/mol. The molecule has 1 aliphatic rings. The lowest BCUT2D eigenvalue weighted by Crippen LogP contribution is -2.47. The van der Waals surface area contributed by atoms with Crippen LogP contribution in [0, 0.1) is 5.41 Å². The molecule has 0 aromatic carbocycles. The molecule has 7 heteroatoms. The molecular formula is C13H24N2O4S. The van der Waals surface area contributed by atoms with Crippen molar-refractivity contribution in [1.82, 2.24) is 10.6 Å². The lowest BCUT2D eigenvalue weighted by atomic mass is 10.0. The fourth-order valence-corrected chi connectivity index (χ4v) is 2.45.